The van der Waals surface area contributed by atoms with Crippen LogP contribution in [0.4, 0.5) is 5.95 Å². The summed E-state index contributed by atoms with van der Waals surface area (Å²) in [7, 11) is 0. The van der Waals surface area contributed by atoms with E-state index in [-0.39, 0.29) is 5.56 Å². The number of H-pyrrole nitrogens is 1. The molecule has 6 heteroatoms. The van der Waals surface area contributed by atoms with Crippen LogP contribution in [0.5, 0.6) is 0 Å². The number of aliphatic imine (C=N–C) groups is 1. The van der Waals surface area contributed by atoms with E-state index in [1.807, 2.05) is 61.5 Å². The van der Waals surface area contributed by atoms with Crippen LogP contribution >= 0.6 is 0 Å². The maximum absolute atomic E-state index is 12.8. The molecular formula is C21H21N5O. The lowest BCUT2D eigenvalue weighted by atomic mass is 10.3. The Morgan fingerprint density at radius 1 is 1.11 bits per heavy atom. The average molecular weight is 359 g/mol. The zero-order valence-electron chi connectivity index (χ0n) is 15.4. The zero-order valence-corrected chi connectivity index (χ0v) is 15.4. The third-order valence-corrected chi connectivity index (χ3v) is 4.52. The number of nitrogens with one attached hydrogen (secondary N) is 1. The summed E-state index contributed by atoms with van der Waals surface area (Å²) < 4.78 is 3.62. The molecule has 2 aromatic carbocycles. The molecule has 0 amide bonds. The van der Waals surface area contributed by atoms with Crippen molar-refractivity contribution in [1.29, 1.82) is 0 Å². The quantitative estimate of drug-likeness (QED) is 0.548. The summed E-state index contributed by atoms with van der Waals surface area (Å²) >= 11 is 0. The molecule has 2 aromatic heterocycles. The minimum atomic E-state index is -0.124. The van der Waals surface area contributed by atoms with Crippen molar-refractivity contribution >= 4 is 23.2 Å². The highest BCUT2D eigenvalue weighted by Gasteiger charge is 2.12. The molecular weight excluding hydrogens is 338 g/mol. The van der Waals surface area contributed by atoms with Gasteiger partial charge in [-0.1, -0.05) is 37.3 Å². The van der Waals surface area contributed by atoms with Gasteiger partial charge in [-0.15, -0.1) is 0 Å². The second kappa shape index (κ2) is 7.07. The smallest absolute Gasteiger partial charge is 0.280 e. The SMILES string of the molecule is CCCn1c(/N=C/c2c(C)[nH]n(-c3ccccc3)c2=O)nc2ccccc21. The van der Waals surface area contributed by atoms with Crippen LogP contribution in [-0.2, 0) is 6.54 Å². The molecule has 27 heavy (non-hydrogen) atoms. The van der Waals surface area contributed by atoms with Crippen molar-refractivity contribution in [2.75, 3.05) is 0 Å². The minimum Gasteiger partial charge on any atom is -0.308 e. The van der Waals surface area contributed by atoms with Crippen LogP contribution in [0.15, 0.2) is 64.4 Å². The number of hydrogen-bond donors (Lipinski definition) is 1. The van der Waals surface area contributed by atoms with Crippen molar-refractivity contribution in [2.45, 2.75) is 26.8 Å². The third kappa shape index (κ3) is 3.10. The van der Waals surface area contributed by atoms with Gasteiger partial charge in [0.05, 0.1) is 22.3 Å². The van der Waals surface area contributed by atoms with Gasteiger partial charge in [-0.3, -0.25) is 9.89 Å². The largest absolute Gasteiger partial charge is 0.308 e. The van der Waals surface area contributed by atoms with Crippen LogP contribution in [0.25, 0.3) is 16.7 Å². The van der Waals surface area contributed by atoms with Crippen molar-refractivity contribution in [3.63, 3.8) is 0 Å². The molecule has 0 saturated heterocycles. The lowest BCUT2D eigenvalue weighted by Gasteiger charge is -2.03. The molecule has 0 bridgehead atoms. The monoisotopic (exact) mass is 359 g/mol. The fourth-order valence-electron chi connectivity index (χ4n) is 3.20. The van der Waals surface area contributed by atoms with Gasteiger partial charge in [-0.25, -0.2) is 14.7 Å². The Bertz CT molecular complexity index is 1160. The van der Waals surface area contributed by atoms with Gasteiger partial charge in [0.15, 0.2) is 0 Å². The van der Waals surface area contributed by atoms with E-state index >= 15 is 0 Å². The van der Waals surface area contributed by atoms with Gasteiger partial charge in [0.25, 0.3) is 5.56 Å². The molecule has 4 aromatic rings. The normalized spacial score (nSPS) is 11.6. The first-order valence-electron chi connectivity index (χ1n) is 9.05. The molecule has 0 aliphatic rings. The molecule has 4 rings (SSSR count). The number of nitrogens with zero attached hydrogens (tertiary/aromatic N) is 4. The molecule has 0 fully saturated rings. The van der Waals surface area contributed by atoms with Crippen LogP contribution in [0.3, 0.4) is 0 Å². The number of rotatable bonds is 5. The highest BCUT2D eigenvalue weighted by atomic mass is 16.1. The Morgan fingerprint density at radius 3 is 2.63 bits per heavy atom. The van der Waals surface area contributed by atoms with Crippen LogP contribution < -0.4 is 5.56 Å². The summed E-state index contributed by atoms with van der Waals surface area (Å²) in [6, 6.07) is 17.5. The van der Waals surface area contributed by atoms with Gasteiger partial charge in [0, 0.05) is 18.5 Å². The van der Waals surface area contributed by atoms with E-state index in [4.69, 9.17) is 0 Å². The van der Waals surface area contributed by atoms with E-state index < -0.39 is 0 Å². The van der Waals surface area contributed by atoms with Gasteiger partial charge in [-0.05, 0) is 37.6 Å². The number of benzene rings is 2. The molecule has 0 saturated carbocycles. The Labute approximate surface area is 156 Å². The summed E-state index contributed by atoms with van der Waals surface area (Å²) in [5.74, 6) is 0.615. The zero-order chi connectivity index (χ0) is 18.8. The lowest BCUT2D eigenvalue weighted by molar-refractivity contribution is 0.701. The van der Waals surface area contributed by atoms with Gasteiger partial charge in [0.2, 0.25) is 5.95 Å². The summed E-state index contributed by atoms with van der Waals surface area (Å²) in [6.07, 6.45) is 2.59. The maximum atomic E-state index is 12.8. The molecule has 0 radical (unpaired) electrons. The highest BCUT2D eigenvalue weighted by Crippen LogP contribution is 2.22. The molecule has 0 aliphatic heterocycles. The number of fused-ring (bicyclic) bond motifs is 1. The van der Waals surface area contributed by atoms with Crippen molar-refractivity contribution in [3.8, 4) is 5.69 Å². The molecule has 6 nitrogen and oxygen atoms in total. The van der Waals surface area contributed by atoms with Crippen LogP contribution in [0.1, 0.15) is 24.6 Å². The van der Waals surface area contributed by atoms with E-state index in [1.165, 1.54) is 4.68 Å². The minimum absolute atomic E-state index is 0.124. The third-order valence-electron chi connectivity index (χ3n) is 4.52. The van der Waals surface area contributed by atoms with Gasteiger partial charge >= 0.3 is 0 Å². The second-order valence-electron chi connectivity index (χ2n) is 6.44. The number of aromatic amines is 1. The van der Waals surface area contributed by atoms with Crippen molar-refractivity contribution in [3.05, 3.63) is 76.2 Å². The number of imidazole rings is 1. The van der Waals surface area contributed by atoms with Crippen molar-refractivity contribution < 1.29 is 0 Å². The molecule has 2 heterocycles. The lowest BCUT2D eigenvalue weighted by Crippen LogP contribution is -2.17. The maximum Gasteiger partial charge on any atom is 0.280 e. The number of hydrogen-bond acceptors (Lipinski definition) is 3. The topological polar surface area (TPSA) is 68.0 Å². The van der Waals surface area contributed by atoms with E-state index in [0.717, 1.165) is 35.4 Å². The summed E-state index contributed by atoms with van der Waals surface area (Å²) in [5, 5.41) is 3.12. The molecule has 0 spiro atoms. The van der Waals surface area contributed by atoms with E-state index in [2.05, 4.69) is 26.6 Å². The Hall–Kier alpha value is -3.41. The standard InChI is InChI=1S/C21H21N5O/c1-3-13-25-19-12-8-7-11-18(19)23-21(25)22-14-17-15(2)24-26(20(17)27)16-9-5-4-6-10-16/h4-12,14,24H,3,13H2,1-2H3/b22-14+. The van der Waals surface area contributed by atoms with E-state index in [1.54, 1.807) is 6.21 Å². The summed E-state index contributed by atoms with van der Waals surface area (Å²) in [6.45, 7) is 4.82. The number of para-hydroxylation sites is 3. The molecule has 136 valence electrons. The highest BCUT2D eigenvalue weighted by molar-refractivity contribution is 5.84. The first-order valence-corrected chi connectivity index (χ1v) is 9.05. The van der Waals surface area contributed by atoms with Crippen LogP contribution in [0, 0.1) is 6.92 Å². The van der Waals surface area contributed by atoms with E-state index in [9.17, 15) is 4.79 Å². The molecule has 1 N–H and O–H groups in total. The van der Waals surface area contributed by atoms with Crippen LogP contribution in [-0.4, -0.2) is 25.5 Å². The Morgan fingerprint density at radius 2 is 1.85 bits per heavy atom. The fourth-order valence-corrected chi connectivity index (χ4v) is 3.20. The number of aryl methyl sites for hydroxylation is 2. The van der Waals surface area contributed by atoms with Gasteiger partial charge in [-0.2, -0.15) is 0 Å². The number of aromatic nitrogens is 4. The molecule has 0 unspecified atom stereocenters. The first kappa shape index (κ1) is 17.0. The van der Waals surface area contributed by atoms with Gasteiger partial charge in [0.1, 0.15) is 0 Å². The predicted octanol–water partition coefficient (Wildman–Crippen LogP) is 3.98. The second-order valence-corrected chi connectivity index (χ2v) is 6.44. The van der Waals surface area contributed by atoms with E-state index in [0.29, 0.717) is 11.5 Å². The van der Waals surface area contributed by atoms with Crippen LogP contribution in [0.2, 0.25) is 0 Å². The average Bonchev–Trinajstić information content (AvgIpc) is 3.18. The first-order chi connectivity index (χ1) is 13.2. The fraction of sp³-hybridized carbons (Fsp3) is 0.190. The summed E-state index contributed by atoms with van der Waals surface area (Å²) in [5.41, 5.74) is 3.94. The molecule has 0 aliphatic carbocycles. The van der Waals surface area contributed by atoms with Gasteiger partial charge < -0.3 is 4.57 Å². The Balaban J connectivity index is 1.76. The molecule has 0 atom stereocenters. The predicted molar refractivity (Wildman–Crippen MR) is 108 cm³/mol. The van der Waals surface area contributed by atoms with Crippen molar-refractivity contribution in [2.24, 2.45) is 4.99 Å². The Kier molecular flexibility index (Phi) is 4.46. The van der Waals surface area contributed by atoms with Crippen molar-refractivity contribution in [1.82, 2.24) is 19.3 Å². The summed E-state index contributed by atoms with van der Waals surface area (Å²) in [4.78, 5) is 22.0.